The first-order valence-corrected chi connectivity index (χ1v) is 21.7. The molecule has 1 aromatic heterocycles. The highest BCUT2D eigenvalue weighted by molar-refractivity contribution is 6.09. The zero-order valence-electron chi connectivity index (χ0n) is 36.8. The van der Waals surface area contributed by atoms with Gasteiger partial charge in [-0.05, 0) is 79.3 Å². The van der Waals surface area contributed by atoms with Gasteiger partial charge in [0.15, 0.2) is 0 Å². The minimum atomic E-state index is -1.38. The normalized spacial score (nSPS) is 16.3. The van der Waals surface area contributed by atoms with Gasteiger partial charge in [0.1, 0.15) is 29.6 Å². The summed E-state index contributed by atoms with van der Waals surface area (Å²) in [6.45, 7) is 9.40. The molecule has 0 spiro atoms. The van der Waals surface area contributed by atoms with Crippen LogP contribution in [0, 0.1) is 22.6 Å². The van der Waals surface area contributed by atoms with Gasteiger partial charge in [-0.25, -0.2) is 18.8 Å². The number of fused-ring (bicyclic) bond motifs is 1. The number of hydrogen-bond donors (Lipinski definition) is 4. The van der Waals surface area contributed by atoms with E-state index in [9.17, 15) is 38.7 Å². The van der Waals surface area contributed by atoms with E-state index in [1.807, 2.05) is 51.1 Å². The molecule has 3 aromatic carbocycles. The Hall–Kier alpha value is -6.58. The van der Waals surface area contributed by atoms with Gasteiger partial charge in [-0.2, -0.15) is 0 Å². The highest BCUT2D eigenvalue weighted by Gasteiger charge is 2.58. The highest BCUT2D eigenvalue weighted by Crippen LogP contribution is 2.57. The summed E-state index contributed by atoms with van der Waals surface area (Å²) in [4.78, 5) is 94.0. The minimum Gasteiger partial charge on any atom is -0.477 e. The number of urea groups is 1. The van der Waals surface area contributed by atoms with E-state index in [1.165, 1.54) is 17.2 Å². The fourth-order valence-corrected chi connectivity index (χ4v) is 9.16. The van der Waals surface area contributed by atoms with Crippen LogP contribution in [-0.2, 0) is 32.3 Å². The summed E-state index contributed by atoms with van der Waals surface area (Å²) in [6.07, 6.45) is 2.24. The Morgan fingerprint density at radius 3 is 2.19 bits per heavy atom. The fraction of sp³-hybridized carbons (Fsp3) is 0.438. The first kappa shape index (κ1) is 46.9. The lowest BCUT2D eigenvalue weighted by atomic mass is 9.49. The number of pyridine rings is 1. The molecule has 6 rings (SSSR count). The molecule has 340 valence electrons. The zero-order chi connectivity index (χ0) is 46.3. The number of benzene rings is 3. The maximum absolute atomic E-state index is 15.4. The third-order valence-electron chi connectivity index (χ3n) is 12.5. The van der Waals surface area contributed by atoms with Crippen molar-refractivity contribution in [3.63, 3.8) is 0 Å². The molecule has 2 heterocycles. The van der Waals surface area contributed by atoms with Crippen LogP contribution in [0.3, 0.4) is 0 Å². The number of ketones is 2. The smallest absolute Gasteiger partial charge is 0.410 e. The van der Waals surface area contributed by atoms with Gasteiger partial charge in [0.05, 0.1) is 16.6 Å². The van der Waals surface area contributed by atoms with Crippen LogP contribution in [-0.4, -0.2) is 82.9 Å². The second kappa shape index (κ2) is 19.9. The summed E-state index contributed by atoms with van der Waals surface area (Å²) in [6, 6.07) is 18.3. The lowest BCUT2D eigenvalue weighted by molar-refractivity contribution is -0.157. The molecule has 1 aliphatic carbocycles. The second-order valence-electron chi connectivity index (χ2n) is 17.8. The Labute approximate surface area is 371 Å². The number of halogens is 1. The van der Waals surface area contributed by atoms with Gasteiger partial charge >= 0.3 is 18.1 Å². The number of rotatable bonds is 18. The van der Waals surface area contributed by atoms with Gasteiger partial charge in [0.2, 0.25) is 11.3 Å². The second-order valence-corrected chi connectivity index (χ2v) is 17.8. The van der Waals surface area contributed by atoms with E-state index in [2.05, 4.69) is 10.6 Å². The number of carboxylic acids is 1. The number of carbonyl (C=O) groups is 6. The SMILES string of the molecule is CCn1cc(C(=O)O)c(=O)c2cc(F)c(N3CCN(C(=O)OCc4ccc(NC(=O)[C@H](CCCNC(N)=O)CC(=O)C5(C(=O)C[C@H](C)c6ccccc6)CC(C)(C)C5)cc4)CC3)cc21. The van der Waals surface area contributed by atoms with E-state index in [0.29, 0.717) is 42.6 Å². The van der Waals surface area contributed by atoms with Crippen molar-refractivity contribution in [1.82, 2.24) is 14.8 Å². The van der Waals surface area contributed by atoms with Crippen LogP contribution >= 0.6 is 0 Å². The van der Waals surface area contributed by atoms with Crippen LogP contribution in [0.1, 0.15) is 93.6 Å². The maximum Gasteiger partial charge on any atom is 0.410 e. The summed E-state index contributed by atoms with van der Waals surface area (Å²) in [7, 11) is 0. The molecule has 5 N–H and O–H groups in total. The maximum atomic E-state index is 15.4. The number of Topliss-reactive ketones (excluding diaryl/α,β-unsaturated/α-hetero) is 2. The summed E-state index contributed by atoms with van der Waals surface area (Å²) >= 11 is 0. The first-order chi connectivity index (χ1) is 30.4. The van der Waals surface area contributed by atoms with Crippen LogP contribution in [0.2, 0.25) is 0 Å². The van der Waals surface area contributed by atoms with Gasteiger partial charge in [-0.1, -0.05) is 63.2 Å². The minimum absolute atomic E-state index is 0.0246. The van der Waals surface area contributed by atoms with E-state index in [-0.39, 0.29) is 92.6 Å². The molecule has 0 radical (unpaired) electrons. The number of piperazine rings is 1. The average molecular weight is 881 g/mol. The largest absolute Gasteiger partial charge is 0.477 e. The number of aromatic nitrogens is 1. The number of carboxylic acid groups (broad SMARTS) is 1. The van der Waals surface area contributed by atoms with Crippen LogP contribution in [0.25, 0.3) is 10.9 Å². The number of primary amides is 1. The number of hydrogen-bond acceptors (Lipinski definition) is 9. The molecule has 0 bridgehead atoms. The lowest BCUT2D eigenvalue weighted by Gasteiger charge is -2.51. The number of nitrogens with two attached hydrogens (primary N) is 1. The average Bonchev–Trinajstić information content (AvgIpc) is 3.26. The van der Waals surface area contributed by atoms with Crippen molar-refractivity contribution in [3.8, 4) is 0 Å². The number of anilines is 2. The molecule has 4 aromatic rings. The Kier molecular flexibility index (Phi) is 14.6. The summed E-state index contributed by atoms with van der Waals surface area (Å²) in [5, 5.41) is 14.8. The Morgan fingerprint density at radius 1 is 0.922 bits per heavy atom. The van der Waals surface area contributed by atoms with Gasteiger partial charge in [0.25, 0.3) is 0 Å². The molecule has 2 atom stereocenters. The van der Waals surface area contributed by atoms with E-state index in [0.717, 1.165) is 11.6 Å². The number of aromatic carboxylic acids is 1. The molecule has 1 aliphatic heterocycles. The van der Waals surface area contributed by atoms with E-state index in [1.54, 1.807) is 40.7 Å². The monoisotopic (exact) mass is 880 g/mol. The Bertz CT molecular complexity index is 2460. The number of amides is 4. The lowest BCUT2D eigenvalue weighted by Crippen LogP contribution is -2.54. The highest BCUT2D eigenvalue weighted by atomic mass is 19.1. The van der Waals surface area contributed by atoms with E-state index in [4.69, 9.17) is 10.5 Å². The van der Waals surface area contributed by atoms with Crippen molar-refractivity contribution in [2.75, 3.05) is 42.9 Å². The summed E-state index contributed by atoms with van der Waals surface area (Å²) < 4.78 is 22.6. The number of nitrogens with one attached hydrogen (secondary N) is 2. The number of carbonyl (C=O) groups excluding carboxylic acids is 5. The fourth-order valence-electron chi connectivity index (χ4n) is 9.16. The van der Waals surface area contributed by atoms with Crippen LogP contribution in [0.4, 0.5) is 25.4 Å². The summed E-state index contributed by atoms with van der Waals surface area (Å²) in [5.41, 5.74) is 5.45. The van der Waals surface area contributed by atoms with Crippen LogP contribution in [0.5, 0.6) is 0 Å². The zero-order valence-corrected chi connectivity index (χ0v) is 36.8. The molecule has 64 heavy (non-hydrogen) atoms. The van der Waals surface area contributed by atoms with Gasteiger partial charge in [-0.15, -0.1) is 0 Å². The Balaban J connectivity index is 1.04. The standard InChI is InChI=1S/C48H57FN6O9/c1-5-53-26-36(44(60)61)42(58)35-24-37(49)39(25-38(35)53)54-18-20-55(21-19-54)46(63)64-27-31-13-15-34(16-14-31)52-43(59)33(12-9-17-51-45(50)62)23-41(57)48(28-47(3,4)29-48)40(56)22-30(2)32-10-7-6-8-11-32/h6-8,10-11,13-16,24-26,30,33H,5,9,12,17-23,27-29H2,1-4H3,(H,52,59)(H,60,61)(H3,50,51,62)/t30-,33+/m0/s1. The van der Waals surface area contributed by atoms with Crippen molar-refractivity contribution >= 4 is 57.8 Å². The van der Waals surface area contributed by atoms with Gasteiger partial charge < -0.3 is 40.6 Å². The van der Waals surface area contributed by atoms with Crippen molar-refractivity contribution in [3.05, 3.63) is 106 Å². The van der Waals surface area contributed by atoms with E-state index >= 15 is 4.39 Å². The molecule has 2 aliphatic rings. The molecule has 4 amide bonds. The van der Waals surface area contributed by atoms with Crippen molar-refractivity contribution < 1.29 is 43.0 Å². The first-order valence-electron chi connectivity index (χ1n) is 21.7. The van der Waals surface area contributed by atoms with Gasteiger partial charge in [-0.3, -0.25) is 19.2 Å². The molecule has 0 unspecified atom stereocenters. The topological polar surface area (TPSA) is 210 Å². The van der Waals surface area contributed by atoms with E-state index < -0.39 is 52.1 Å². The summed E-state index contributed by atoms with van der Waals surface area (Å²) in [5.74, 6) is -3.68. The molecular weight excluding hydrogens is 824 g/mol. The van der Waals surface area contributed by atoms with Crippen molar-refractivity contribution in [2.24, 2.45) is 22.5 Å². The number of nitrogens with zero attached hydrogens (tertiary/aromatic N) is 3. The van der Waals surface area contributed by atoms with Crippen molar-refractivity contribution in [1.29, 1.82) is 0 Å². The molecule has 15 nitrogen and oxygen atoms in total. The van der Waals surface area contributed by atoms with Gasteiger partial charge in [0, 0.05) is 75.3 Å². The molecule has 1 saturated heterocycles. The molecule has 2 fully saturated rings. The predicted molar refractivity (Wildman–Crippen MR) is 240 cm³/mol. The van der Waals surface area contributed by atoms with Crippen molar-refractivity contribution in [2.45, 2.75) is 85.3 Å². The van der Waals surface area contributed by atoms with Crippen LogP contribution in [0.15, 0.2) is 77.7 Å². The molecule has 16 heteroatoms. The number of ether oxygens (including phenoxy) is 1. The molecule has 1 saturated carbocycles. The molecular formula is C48H57FN6O9. The number of aryl methyl sites for hydroxylation is 1. The van der Waals surface area contributed by atoms with Crippen LogP contribution < -0.4 is 26.7 Å². The predicted octanol–water partition coefficient (Wildman–Crippen LogP) is 6.85. The Morgan fingerprint density at radius 2 is 1.58 bits per heavy atom. The third-order valence-corrected chi connectivity index (χ3v) is 12.5. The quantitative estimate of drug-likeness (QED) is 0.0603. The third kappa shape index (κ3) is 10.8.